The monoisotopic (exact) mass is 351 g/mol. The molecule has 5 nitrogen and oxygen atoms in total. The summed E-state index contributed by atoms with van der Waals surface area (Å²) < 4.78 is 27.8. The van der Waals surface area contributed by atoms with Crippen LogP contribution >= 0.6 is 0 Å². The number of fused-ring (bicyclic) bond motifs is 4. The van der Waals surface area contributed by atoms with Crippen LogP contribution in [0.5, 0.6) is 0 Å². The average molecular weight is 351 g/mol. The first-order valence-corrected chi connectivity index (χ1v) is 8.46. The molecule has 0 amide bonds. The van der Waals surface area contributed by atoms with E-state index in [2.05, 4.69) is 32.3 Å². The summed E-state index contributed by atoms with van der Waals surface area (Å²) in [5, 5.41) is 13.8. The Morgan fingerprint density at radius 3 is 2.42 bits per heavy atom. The van der Waals surface area contributed by atoms with E-state index in [1.807, 2.05) is 36.4 Å². The third kappa shape index (κ3) is 2.23. The van der Waals surface area contributed by atoms with Gasteiger partial charge in [-0.1, -0.05) is 48.5 Å². The molecule has 0 radical (unpaired) electrons. The number of aromatic nitrogens is 4. The Balaban J connectivity index is 1.72. The molecule has 2 aromatic carbocycles. The minimum absolute atomic E-state index is 0.358. The zero-order chi connectivity index (χ0) is 17.7. The number of hydrogen-bond donors (Lipinski definition) is 0. The van der Waals surface area contributed by atoms with Gasteiger partial charge in [-0.15, -0.1) is 15.3 Å². The Kier molecular flexibility index (Phi) is 3.34. The van der Waals surface area contributed by atoms with Crippen LogP contribution in [0.4, 0.5) is 14.6 Å². The first-order chi connectivity index (χ1) is 12.7. The number of rotatable bonds is 2. The summed E-state index contributed by atoms with van der Waals surface area (Å²) in [6.07, 6.45) is -1.83. The van der Waals surface area contributed by atoms with Crippen molar-refractivity contribution in [2.24, 2.45) is 0 Å². The summed E-state index contributed by atoms with van der Waals surface area (Å²) in [6.45, 7) is 1.48. The molecule has 0 saturated carbocycles. The van der Waals surface area contributed by atoms with Crippen LogP contribution in [0.1, 0.15) is 23.4 Å². The van der Waals surface area contributed by atoms with Crippen LogP contribution in [0.3, 0.4) is 0 Å². The Labute approximate surface area is 147 Å². The molecule has 3 heterocycles. The van der Waals surface area contributed by atoms with E-state index in [0.717, 1.165) is 23.7 Å². The lowest BCUT2D eigenvalue weighted by Crippen LogP contribution is -2.31. The zero-order valence-electron chi connectivity index (χ0n) is 13.8. The highest BCUT2D eigenvalue weighted by molar-refractivity contribution is 6.00. The fourth-order valence-electron chi connectivity index (χ4n) is 3.63. The van der Waals surface area contributed by atoms with Crippen LogP contribution < -0.4 is 4.90 Å². The zero-order valence-corrected chi connectivity index (χ0v) is 13.8. The fraction of sp³-hybridized carbons (Fsp3) is 0.211. The first kappa shape index (κ1) is 15.2. The van der Waals surface area contributed by atoms with E-state index in [1.165, 1.54) is 15.6 Å². The van der Waals surface area contributed by atoms with Crippen molar-refractivity contribution in [1.29, 1.82) is 0 Å². The SMILES string of the molecule is FC(F)c1nnc2c3ccccc3c(N3CCc4ccccc4C3)nn12. The average Bonchev–Trinajstić information content (AvgIpc) is 3.11. The van der Waals surface area contributed by atoms with Crippen molar-refractivity contribution in [3.63, 3.8) is 0 Å². The predicted octanol–water partition coefficient (Wildman–Crippen LogP) is 3.78. The Bertz CT molecular complexity index is 1120. The molecule has 4 aromatic rings. The lowest BCUT2D eigenvalue weighted by atomic mass is 9.99. The highest BCUT2D eigenvalue weighted by Crippen LogP contribution is 2.31. The van der Waals surface area contributed by atoms with Gasteiger partial charge < -0.3 is 4.90 Å². The minimum atomic E-state index is -2.73. The molecular weight excluding hydrogens is 336 g/mol. The molecule has 0 aliphatic carbocycles. The standard InChI is InChI=1S/C19H15F2N5/c20-16(21)19-23-22-17-14-7-3-4-8-15(14)18(24-26(17)19)25-10-9-12-5-1-2-6-13(12)11-25/h1-8,16H,9-11H2. The molecule has 1 aliphatic rings. The molecule has 0 unspecified atom stereocenters. The number of nitrogens with zero attached hydrogens (tertiary/aromatic N) is 5. The summed E-state index contributed by atoms with van der Waals surface area (Å²) in [4.78, 5) is 2.14. The number of halogens is 2. The van der Waals surface area contributed by atoms with Gasteiger partial charge in [0.25, 0.3) is 6.43 Å². The van der Waals surface area contributed by atoms with Crippen molar-refractivity contribution in [3.05, 3.63) is 65.5 Å². The van der Waals surface area contributed by atoms with Crippen LogP contribution in [-0.2, 0) is 13.0 Å². The highest BCUT2D eigenvalue weighted by Gasteiger charge is 2.24. The molecule has 0 saturated heterocycles. The Morgan fingerprint density at radius 1 is 0.885 bits per heavy atom. The smallest absolute Gasteiger partial charge is 0.299 e. The van der Waals surface area contributed by atoms with Gasteiger partial charge in [-0.25, -0.2) is 8.78 Å². The van der Waals surface area contributed by atoms with Gasteiger partial charge in [0.1, 0.15) is 0 Å². The van der Waals surface area contributed by atoms with E-state index in [0.29, 0.717) is 18.0 Å². The molecule has 2 aromatic heterocycles. The topological polar surface area (TPSA) is 46.3 Å². The molecule has 7 heteroatoms. The van der Waals surface area contributed by atoms with E-state index >= 15 is 0 Å². The molecule has 0 spiro atoms. The normalized spacial score (nSPS) is 14.3. The molecule has 0 bridgehead atoms. The predicted molar refractivity (Wildman–Crippen MR) is 94.4 cm³/mol. The summed E-state index contributed by atoms with van der Waals surface area (Å²) in [5.74, 6) is 0.258. The van der Waals surface area contributed by atoms with E-state index in [4.69, 9.17) is 0 Å². The van der Waals surface area contributed by atoms with Gasteiger partial charge in [-0.3, -0.25) is 0 Å². The van der Waals surface area contributed by atoms with Gasteiger partial charge in [-0.2, -0.15) is 4.52 Å². The molecule has 130 valence electrons. The minimum Gasteiger partial charge on any atom is -0.350 e. The van der Waals surface area contributed by atoms with Crippen molar-refractivity contribution < 1.29 is 8.78 Å². The van der Waals surface area contributed by atoms with Gasteiger partial charge in [0, 0.05) is 23.9 Å². The highest BCUT2D eigenvalue weighted by atomic mass is 19.3. The van der Waals surface area contributed by atoms with Crippen molar-refractivity contribution in [2.75, 3.05) is 11.4 Å². The summed E-state index contributed by atoms with van der Waals surface area (Å²) in [5.41, 5.74) is 2.92. The number of alkyl halides is 2. The molecule has 1 aliphatic heterocycles. The van der Waals surface area contributed by atoms with Gasteiger partial charge >= 0.3 is 0 Å². The largest absolute Gasteiger partial charge is 0.350 e. The van der Waals surface area contributed by atoms with Gasteiger partial charge in [0.15, 0.2) is 11.5 Å². The van der Waals surface area contributed by atoms with E-state index < -0.39 is 12.2 Å². The van der Waals surface area contributed by atoms with Crippen LogP contribution in [0.2, 0.25) is 0 Å². The van der Waals surface area contributed by atoms with Crippen LogP contribution in [-0.4, -0.2) is 26.4 Å². The maximum Gasteiger partial charge on any atom is 0.299 e. The number of anilines is 1. The number of benzene rings is 2. The van der Waals surface area contributed by atoms with E-state index in [1.54, 1.807) is 0 Å². The second-order valence-corrected chi connectivity index (χ2v) is 6.40. The van der Waals surface area contributed by atoms with Gasteiger partial charge in [-0.05, 0) is 17.5 Å². The van der Waals surface area contributed by atoms with Crippen molar-refractivity contribution in [3.8, 4) is 0 Å². The van der Waals surface area contributed by atoms with Gasteiger partial charge in [0.05, 0.1) is 0 Å². The lowest BCUT2D eigenvalue weighted by Gasteiger charge is -2.30. The molecule has 0 atom stereocenters. The van der Waals surface area contributed by atoms with E-state index in [-0.39, 0.29) is 0 Å². The summed E-state index contributed by atoms with van der Waals surface area (Å²) in [7, 11) is 0. The molecular formula is C19H15F2N5. The maximum absolute atomic E-state index is 13.3. The summed E-state index contributed by atoms with van der Waals surface area (Å²) in [6, 6.07) is 15.9. The molecule has 26 heavy (non-hydrogen) atoms. The van der Waals surface area contributed by atoms with Crippen LogP contribution in [0.15, 0.2) is 48.5 Å². The van der Waals surface area contributed by atoms with E-state index in [9.17, 15) is 8.78 Å². The number of hydrogen-bond acceptors (Lipinski definition) is 4. The summed E-state index contributed by atoms with van der Waals surface area (Å²) >= 11 is 0. The van der Waals surface area contributed by atoms with Gasteiger partial charge in [0.2, 0.25) is 5.82 Å². The third-order valence-corrected chi connectivity index (χ3v) is 4.89. The Morgan fingerprint density at radius 2 is 1.62 bits per heavy atom. The molecule has 5 rings (SSSR count). The Hall–Kier alpha value is -3.09. The molecule has 0 N–H and O–H groups in total. The van der Waals surface area contributed by atoms with Crippen molar-refractivity contribution in [2.45, 2.75) is 19.4 Å². The molecule has 0 fully saturated rings. The lowest BCUT2D eigenvalue weighted by molar-refractivity contribution is 0.137. The maximum atomic E-state index is 13.3. The first-order valence-electron chi connectivity index (χ1n) is 8.46. The fourth-order valence-corrected chi connectivity index (χ4v) is 3.63. The van der Waals surface area contributed by atoms with Crippen LogP contribution in [0, 0.1) is 0 Å². The quantitative estimate of drug-likeness (QED) is 0.551. The third-order valence-electron chi connectivity index (χ3n) is 4.89. The van der Waals surface area contributed by atoms with Crippen molar-refractivity contribution in [1.82, 2.24) is 19.8 Å². The second kappa shape index (κ2) is 5.72. The second-order valence-electron chi connectivity index (χ2n) is 6.40. The van der Waals surface area contributed by atoms with Crippen LogP contribution in [0.25, 0.3) is 16.4 Å². The van der Waals surface area contributed by atoms with Crippen molar-refractivity contribution >= 4 is 22.2 Å².